The number of nitrogens with two attached hydrogens (primary N) is 1. The molecule has 2 aromatic heterocycles. The number of nitrogens with zero attached hydrogens (tertiary/aromatic N) is 2. The fraction of sp³-hybridized carbons (Fsp3) is 0.176. The number of benzene rings is 1. The molecule has 0 fully saturated rings. The molecule has 0 bridgehead atoms. The lowest BCUT2D eigenvalue weighted by atomic mass is 10.1. The van der Waals surface area contributed by atoms with Crippen LogP contribution in [0.2, 0.25) is 5.02 Å². The Morgan fingerprint density at radius 1 is 1.27 bits per heavy atom. The van der Waals surface area contributed by atoms with E-state index in [1.54, 1.807) is 44.2 Å². The summed E-state index contributed by atoms with van der Waals surface area (Å²) in [6, 6.07) is 8.71. The van der Waals surface area contributed by atoms with Gasteiger partial charge in [-0.15, -0.1) is 0 Å². The van der Waals surface area contributed by atoms with Gasteiger partial charge in [-0.25, -0.2) is 23.1 Å². The second-order valence-corrected chi connectivity index (χ2v) is 7.97. The van der Waals surface area contributed by atoms with Crippen molar-refractivity contribution in [2.24, 2.45) is 0 Å². The van der Waals surface area contributed by atoms with Crippen LogP contribution in [0.5, 0.6) is 0 Å². The van der Waals surface area contributed by atoms with Gasteiger partial charge in [0, 0.05) is 29.0 Å². The van der Waals surface area contributed by atoms with Gasteiger partial charge in [0.15, 0.2) is 5.03 Å². The minimum Gasteiger partial charge on any atom is -0.368 e. The lowest BCUT2D eigenvalue weighted by Gasteiger charge is -2.07. The molecule has 0 atom stereocenters. The Hall–Kier alpha value is -2.42. The zero-order chi connectivity index (χ0) is 18.9. The lowest BCUT2D eigenvalue weighted by Crippen LogP contribution is -2.24. The van der Waals surface area contributed by atoms with Gasteiger partial charge >= 0.3 is 0 Å². The summed E-state index contributed by atoms with van der Waals surface area (Å²) in [7, 11) is -3.75. The molecule has 136 valence electrons. The second-order valence-electron chi connectivity index (χ2n) is 5.83. The van der Waals surface area contributed by atoms with Crippen LogP contribution >= 0.6 is 11.6 Å². The summed E-state index contributed by atoms with van der Waals surface area (Å²) in [4.78, 5) is 11.0. The van der Waals surface area contributed by atoms with Crippen molar-refractivity contribution in [3.8, 4) is 11.3 Å². The first-order chi connectivity index (χ1) is 12.3. The highest BCUT2D eigenvalue weighted by Gasteiger charge is 2.24. The smallest absolute Gasteiger partial charge is 0.256 e. The molecule has 0 aliphatic rings. The molecule has 1 aromatic carbocycles. The topological polar surface area (TPSA) is 114 Å². The Labute approximate surface area is 156 Å². The van der Waals surface area contributed by atoms with Gasteiger partial charge in [-0.1, -0.05) is 23.7 Å². The number of hydrogen-bond acceptors (Lipinski definition) is 5. The summed E-state index contributed by atoms with van der Waals surface area (Å²) >= 11 is 5.94. The van der Waals surface area contributed by atoms with Crippen molar-refractivity contribution in [1.29, 1.82) is 0 Å². The van der Waals surface area contributed by atoms with Crippen molar-refractivity contribution in [2.75, 3.05) is 5.73 Å². The van der Waals surface area contributed by atoms with E-state index >= 15 is 0 Å². The molecule has 26 heavy (non-hydrogen) atoms. The monoisotopic (exact) mass is 391 g/mol. The van der Waals surface area contributed by atoms with E-state index in [1.165, 1.54) is 6.20 Å². The van der Waals surface area contributed by atoms with Crippen LogP contribution in [0, 0.1) is 13.8 Å². The molecular formula is C17H18ClN5O2S. The van der Waals surface area contributed by atoms with Crippen LogP contribution < -0.4 is 10.5 Å². The fourth-order valence-electron chi connectivity index (χ4n) is 2.78. The molecule has 0 aliphatic carbocycles. The van der Waals surface area contributed by atoms with Crippen LogP contribution in [0.15, 0.2) is 41.6 Å². The average Bonchev–Trinajstić information content (AvgIpc) is 2.88. The van der Waals surface area contributed by atoms with E-state index in [0.717, 1.165) is 5.56 Å². The molecule has 0 spiro atoms. The number of hydrogen-bond donors (Lipinski definition) is 3. The summed E-state index contributed by atoms with van der Waals surface area (Å²) in [5, 5.41) is 0.654. The number of aryl methyl sites for hydroxylation is 1. The van der Waals surface area contributed by atoms with Gasteiger partial charge in [0.25, 0.3) is 10.0 Å². The molecule has 0 saturated carbocycles. The first kappa shape index (κ1) is 18.4. The van der Waals surface area contributed by atoms with Crippen molar-refractivity contribution < 1.29 is 8.42 Å². The molecule has 0 unspecified atom stereocenters. The van der Waals surface area contributed by atoms with E-state index in [-0.39, 0.29) is 17.5 Å². The normalized spacial score (nSPS) is 11.7. The van der Waals surface area contributed by atoms with Crippen LogP contribution in [0.25, 0.3) is 11.3 Å². The number of halogens is 1. The van der Waals surface area contributed by atoms with Gasteiger partial charge in [-0.05, 0) is 43.2 Å². The van der Waals surface area contributed by atoms with Gasteiger partial charge in [-0.2, -0.15) is 0 Å². The number of sulfonamides is 1. The standard InChI is InChI=1S/C17H18ClN5O2S/c1-10-15(14-6-7-20-17(19)23-14)11(2)22-16(10)26(24,25)21-9-12-4-3-5-13(18)8-12/h3-8,21-22H,9H2,1-2H3,(H2,19,20,23). The van der Waals surface area contributed by atoms with Gasteiger partial charge < -0.3 is 10.7 Å². The highest BCUT2D eigenvalue weighted by Crippen LogP contribution is 2.30. The van der Waals surface area contributed by atoms with E-state index in [4.69, 9.17) is 17.3 Å². The highest BCUT2D eigenvalue weighted by molar-refractivity contribution is 7.89. The molecule has 3 rings (SSSR count). The van der Waals surface area contributed by atoms with Gasteiger partial charge in [0.2, 0.25) is 5.95 Å². The third-order valence-electron chi connectivity index (χ3n) is 3.95. The van der Waals surface area contributed by atoms with Crippen molar-refractivity contribution in [2.45, 2.75) is 25.4 Å². The number of nitrogens with one attached hydrogen (secondary N) is 2. The van der Waals surface area contributed by atoms with Crippen LogP contribution in [0.4, 0.5) is 5.95 Å². The predicted octanol–water partition coefficient (Wildman–Crippen LogP) is 2.80. The molecule has 0 aliphatic heterocycles. The number of rotatable bonds is 5. The Kier molecular flexibility index (Phi) is 4.99. The maximum Gasteiger partial charge on any atom is 0.256 e. The van der Waals surface area contributed by atoms with Crippen molar-refractivity contribution in [3.63, 3.8) is 0 Å². The molecule has 0 radical (unpaired) electrons. The third-order valence-corrected chi connectivity index (χ3v) is 5.65. The van der Waals surface area contributed by atoms with Crippen LogP contribution in [0.3, 0.4) is 0 Å². The first-order valence-electron chi connectivity index (χ1n) is 7.80. The zero-order valence-electron chi connectivity index (χ0n) is 14.2. The van der Waals surface area contributed by atoms with Crippen LogP contribution in [-0.4, -0.2) is 23.4 Å². The summed E-state index contributed by atoms with van der Waals surface area (Å²) in [6.07, 6.45) is 1.54. The Bertz CT molecular complexity index is 1060. The zero-order valence-corrected chi connectivity index (χ0v) is 15.8. The number of nitrogen functional groups attached to an aromatic ring is 1. The minimum absolute atomic E-state index is 0.101. The van der Waals surface area contributed by atoms with Crippen molar-refractivity contribution >= 4 is 27.6 Å². The number of H-pyrrole nitrogens is 1. The maximum atomic E-state index is 12.7. The minimum atomic E-state index is -3.75. The summed E-state index contributed by atoms with van der Waals surface area (Å²) in [5.74, 6) is 0.131. The lowest BCUT2D eigenvalue weighted by molar-refractivity contribution is 0.577. The van der Waals surface area contributed by atoms with Crippen LogP contribution in [0.1, 0.15) is 16.8 Å². The quantitative estimate of drug-likeness (QED) is 0.618. The van der Waals surface area contributed by atoms with Gasteiger partial charge in [-0.3, -0.25) is 0 Å². The predicted molar refractivity (Wildman–Crippen MR) is 101 cm³/mol. The van der Waals surface area contributed by atoms with Crippen molar-refractivity contribution in [1.82, 2.24) is 19.7 Å². The van der Waals surface area contributed by atoms with Crippen molar-refractivity contribution in [3.05, 3.63) is 58.4 Å². The van der Waals surface area contributed by atoms with E-state index in [0.29, 0.717) is 27.5 Å². The SMILES string of the molecule is Cc1[nH]c(S(=O)(=O)NCc2cccc(Cl)c2)c(C)c1-c1ccnc(N)n1. The summed E-state index contributed by atoms with van der Waals surface area (Å²) in [5.41, 5.74) is 8.93. The second kappa shape index (κ2) is 7.06. The van der Waals surface area contributed by atoms with E-state index in [2.05, 4.69) is 19.7 Å². The first-order valence-corrected chi connectivity index (χ1v) is 9.66. The molecule has 2 heterocycles. The van der Waals surface area contributed by atoms with Gasteiger partial charge in [0.1, 0.15) is 0 Å². The van der Waals surface area contributed by atoms with E-state index < -0.39 is 10.0 Å². The molecule has 9 heteroatoms. The molecule has 4 N–H and O–H groups in total. The largest absolute Gasteiger partial charge is 0.368 e. The van der Waals surface area contributed by atoms with Crippen LogP contribution in [-0.2, 0) is 16.6 Å². The van der Waals surface area contributed by atoms with Gasteiger partial charge in [0.05, 0.1) is 5.69 Å². The molecule has 3 aromatic rings. The highest BCUT2D eigenvalue weighted by atomic mass is 35.5. The Morgan fingerprint density at radius 2 is 2.04 bits per heavy atom. The number of anilines is 1. The number of aromatic nitrogens is 3. The number of aromatic amines is 1. The molecular weight excluding hydrogens is 374 g/mol. The maximum absolute atomic E-state index is 12.7. The Balaban J connectivity index is 1.92. The molecule has 7 nitrogen and oxygen atoms in total. The Morgan fingerprint density at radius 3 is 2.73 bits per heavy atom. The summed E-state index contributed by atoms with van der Waals surface area (Å²) in [6.45, 7) is 3.65. The van der Waals surface area contributed by atoms with E-state index in [9.17, 15) is 8.42 Å². The summed E-state index contributed by atoms with van der Waals surface area (Å²) < 4.78 is 28.1. The molecule has 0 amide bonds. The fourth-order valence-corrected chi connectivity index (χ4v) is 4.29. The third kappa shape index (κ3) is 3.72. The molecule has 0 saturated heterocycles. The average molecular weight is 392 g/mol. The van der Waals surface area contributed by atoms with E-state index in [1.807, 2.05) is 0 Å².